The lowest BCUT2D eigenvalue weighted by atomic mass is 10.1. The fraction of sp³-hybridized carbons (Fsp3) is 0.300. The lowest BCUT2D eigenvalue weighted by Gasteiger charge is -2.34. The van der Waals surface area contributed by atoms with Crippen molar-refractivity contribution in [3.63, 3.8) is 0 Å². The van der Waals surface area contributed by atoms with Crippen LogP contribution in [0.1, 0.15) is 15.9 Å². The molecule has 2 aromatic rings. The van der Waals surface area contributed by atoms with Crippen LogP contribution >= 0.6 is 0 Å². The second kappa shape index (κ2) is 8.10. The van der Waals surface area contributed by atoms with Crippen molar-refractivity contribution in [2.24, 2.45) is 0 Å². The molecule has 136 valence electrons. The van der Waals surface area contributed by atoms with Crippen LogP contribution in [-0.4, -0.2) is 54.3 Å². The number of hydrogen-bond donors (Lipinski definition) is 1. The van der Waals surface area contributed by atoms with Gasteiger partial charge in [-0.05, 0) is 48.9 Å². The summed E-state index contributed by atoms with van der Waals surface area (Å²) in [6.45, 7) is 4.64. The molecule has 0 bridgehead atoms. The molecule has 3 rings (SSSR count). The van der Waals surface area contributed by atoms with Gasteiger partial charge in [-0.2, -0.15) is 0 Å². The molecular formula is C20H22FN3O2. The first kappa shape index (κ1) is 18.1. The largest absolute Gasteiger partial charge is 0.336 e. The number of anilines is 1. The fourth-order valence-corrected chi connectivity index (χ4v) is 3.01. The molecule has 0 unspecified atom stereocenters. The summed E-state index contributed by atoms with van der Waals surface area (Å²) in [5.41, 5.74) is 2.37. The van der Waals surface area contributed by atoms with Crippen molar-refractivity contribution >= 4 is 17.5 Å². The summed E-state index contributed by atoms with van der Waals surface area (Å²) < 4.78 is 13.0. The highest BCUT2D eigenvalue weighted by Gasteiger charge is 2.23. The Labute approximate surface area is 152 Å². The molecular weight excluding hydrogens is 333 g/mol. The van der Waals surface area contributed by atoms with Crippen molar-refractivity contribution in [3.8, 4) is 0 Å². The van der Waals surface area contributed by atoms with E-state index in [2.05, 4.69) is 5.32 Å². The molecule has 0 atom stereocenters. The monoisotopic (exact) mass is 355 g/mol. The molecule has 0 spiro atoms. The predicted octanol–water partition coefficient (Wildman–Crippen LogP) is 2.53. The Kier molecular flexibility index (Phi) is 5.63. The van der Waals surface area contributed by atoms with Gasteiger partial charge in [0.25, 0.3) is 5.91 Å². The van der Waals surface area contributed by atoms with Crippen molar-refractivity contribution < 1.29 is 14.0 Å². The summed E-state index contributed by atoms with van der Waals surface area (Å²) in [5.74, 6) is -0.520. The highest BCUT2D eigenvalue weighted by Crippen LogP contribution is 2.12. The Bertz CT molecular complexity index is 784. The Balaban J connectivity index is 1.48. The van der Waals surface area contributed by atoms with Gasteiger partial charge < -0.3 is 10.2 Å². The lowest BCUT2D eigenvalue weighted by molar-refractivity contribution is -0.117. The minimum absolute atomic E-state index is 0.0612. The predicted molar refractivity (Wildman–Crippen MR) is 98.6 cm³/mol. The summed E-state index contributed by atoms with van der Waals surface area (Å²) in [6.07, 6.45) is 0. The molecule has 0 aliphatic carbocycles. The van der Waals surface area contributed by atoms with Gasteiger partial charge in [-0.15, -0.1) is 0 Å². The Morgan fingerprint density at radius 3 is 2.38 bits per heavy atom. The molecule has 5 nitrogen and oxygen atoms in total. The minimum Gasteiger partial charge on any atom is -0.336 e. The van der Waals surface area contributed by atoms with Gasteiger partial charge in [0.15, 0.2) is 0 Å². The van der Waals surface area contributed by atoms with Gasteiger partial charge >= 0.3 is 0 Å². The van der Waals surface area contributed by atoms with Crippen LogP contribution in [0, 0.1) is 12.7 Å². The first-order valence-electron chi connectivity index (χ1n) is 8.65. The van der Waals surface area contributed by atoms with Crippen LogP contribution in [0.3, 0.4) is 0 Å². The molecule has 1 fully saturated rings. The standard InChI is InChI=1S/C20H22FN3O2/c1-15-3-2-4-18(13-15)22-19(25)14-23-9-11-24(12-10-23)20(26)16-5-7-17(21)8-6-16/h2-8,13H,9-12,14H2,1H3,(H,22,25). The van der Waals surface area contributed by atoms with Crippen molar-refractivity contribution in [1.82, 2.24) is 9.80 Å². The van der Waals surface area contributed by atoms with E-state index in [-0.39, 0.29) is 17.6 Å². The van der Waals surface area contributed by atoms with E-state index in [0.717, 1.165) is 11.3 Å². The molecule has 0 saturated carbocycles. The maximum Gasteiger partial charge on any atom is 0.253 e. The molecule has 2 aromatic carbocycles. The number of piperazine rings is 1. The summed E-state index contributed by atoms with van der Waals surface area (Å²) in [6, 6.07) is 13.3. The van der Waals surface area contributed by atoms with E-state index in [0.29, 0.717) is 38.3 Å². The Morgan fingerprint density at radius 1 is 1.04 bits per heavy atom. The molecule has 6 heteroatoms. The second-order valence-corrected chi connectivity index (χ2v) is 6.49. The molecule has 0 radical (unpaired) electrons. The normalized spacial score (nSPS) is 14.9. The van der Waals surface area contributed by atoms with Crippen LogP contribution < -0.4 is 5.32 Å². The third kappa shape index (κ3) is 4.67. The molecule has 1 saturated heterocycles. The lowest BCUT2D eigenvalue weighted by Crippen LogP contribution is -2.50. The molecule has 26 heavy (non-hydrogen) atoms. The first-order chi connectivity index (χ1) is 12.5. The number of hydrogen-bond acceptors (Lipinski definition) is 3. The van der Waals surface area contributed by atoms with Crippen LogP contribution in [0.5, 0.6) is 0 Å². The SMILES string of the molecule is Cc1cccc(NC(=O)CN2CCN(C(=O)c3ccc(F)cc3)CC2)c1. The van der Waals surface area contributed by atoms with Gasteiger partial charge in [0.2, 0.25) is 5.91 Å². The zero-order valence-corrected chi connectivity index (χ0v) is 14.7. The van der Waals surface area contributed by atoms with Crippen LogP contribution in [0.25, 0.3) is 0 Å². The van der Waals surface area contributed by atoms with Crippen LogP contribution in [0.15, 0.2) is 48.5 Å². The Hall–Kier alpha value is -2.73. The quantitative estimate of drug-likeness (QED) is 0.917. The van der Waals surface area contributed by atoms with Crippen LogP contribution in [0.4, 0.5) is 10.1 Å². The summed E-state index contributed by atoms with van der Waals surface area (Å²) in [5, 5.41) is 2.90. The number of rotatable bonds is 4. The third-order valence-electron chi connectivity index (χ3n) is 4.42. The average molecular weight is 355 g/mol. The van der Waals surface area contributed by atoms with Crippen LogP contribution in [0.2, 0.25) is 0 Å². The molecule has 1 N–H and O–H groups in total. The number of nitrogens with one attached hydrogen (secondary N) is 1. The van der Waals surface area contributed by atoms with Crippen LogP contribution in [-0.2, 0) is 4.79 Å². The van der Waals surface area contributed by atoms with Gasteiger partial charge in [-0.25, -0.2) is 4.39 Å². The average Bonchev–Trinajstić information content (AvgIpc) is 2.62. The van der Waals surface area contributed by atoms with Gasteiger partial charge in [-0.3, -0.25) is 14.5 Å². The number of amides is 2. The molecule has 2 amide bonds. The Morgan fingerprint density at radius 2 is 1.73 bits per heavy atom. The van der Waals surface area contributed by atoms with E-state index in [9.17, 15) is 14.0 Å². The molecule has 1 heterocycles. The zero-order valence-electron chi connectivity index (χ0n) is 14.7. The summed E-state index contributed by atoms with van der Waals surface area (Å²) in [7, 11) is 0. The topological polar surface area (TPSA) is 52.7 Å². The highest BCUT2D eigenvalue weighted by molar-refractivity contribution is 5.94. The summed E-state index contributed by atoms with van der Waals surface area (Å²) in [4.78, 5) is 28.4. The van der Waals surface area contributed by atoms with Crippen molar-refractivity contribution in [1.29, 1.82) is 0 Å². The number of carbonyl (C=O) groups excluding carboxylic acids is 2. The van der Waals surface area contributed by atoms with Crippen molar-refractivity contribution in [3.05, 3.63) is 65.5 Å². The maximum absolute atomic E-state index is 13.0. The van der Waals surface area contributed by atoms with E-state index in [1.807, 2.05) is 36.1 Å². The smallest absolute Gasteiger partial charge is 0.253 e. The van der Waals surface area contributed by atoms with E-state index in [1.54, 1.807) is 4.90 Å². The fourth-order valence-electron chi connectivity index (χ4n) is 3.01. The van der Waals surface area contributed by atoms with Crippen molar-refractivity contribution in [2.75, 3.05) is 38.0 Å². The summed E-state index contributed by atoms with van der Waals surface area (Å²) >= 11 is 0. The molecule has 0 aromatic heterocycles. The number of halogens is 1. The van der Waals surface area contributed by atoms with Gasteiger partial charge in [0.05, 0.1) is 6.54 Å². The van der Waals surface area contributed by atoms with Gasteiger partial charge in [0, 0.05) is 37.4 Å². The van der Waals surface area contributed by atoms with Gasteiger partial charge in [0.1, 0.15) is 5.82 Å². The number of aryl methyl sites for hydroxylation is 1. The second-order valence-electron chi connectivity index (χ2n) is 6.49. The number of nitrogens with zero attached hydrogens (tertiary/aromatic N) is 2. The van der Waals surface area contributed by atoms with E-state index in [1.165, 1.54) is 24.3 Å². The zero-order chi connectivity index (χ0) is 18.5. The number of carbonyl (C=O) groups is 2. The van der Waals surface area contributed by atoms with E-state index < -0.39 is 0 Å². The number of benzene rings is 2. The highest BCUT2D eigenvalue weighted by atomic mass is 19.1. The molecule has 1 aliphatic rings. The van der Waals surface area contributed by atoms with Gasteiger partial charge in [-0.1, -0.05) is 12.1 Å². The maximum atomic E-state index is 13.0. The molecule has 1 aliphatic heterocycles. The van der Waals surface area contributed by atoms with E-state index >= 15 is 0 Å². The van der Waals surface area contributed by atoms with Crippen molar-refractivity contribution in [2.45, 2.75) is 6.92 Å². The minimum atomic E-state index is -0.356. The third-order valence-corrected chi connectivity index (χ3v) is 4.42. The first-order valence-corrected chi connectivity index (χ1v) is 8.65. The van der Waals surface area contributed by atoms with E-state index in [4.69, 9.17) is 0 Å².